The van der Waals surface area contributed by atoms with Crippen molar-refractivity contribution in [2.24, 2.45) is 5.92 Å². The lowest BCUT2D eigenvalue weighted by atomic mass is 10.1. The first-order valence-corrected chi connectivity index (χ1v) is 6.83. The molecule has 20 heavy (non-hydrogen) atoms. The summed E-state index contributed by atoms with van der Waals surface area (Å²) in [5, 5.41) is 9.77. The van der Waals surface area contributed by atoms with Crippen LogP contribution in [0.25, 0.3) is 0 Å². The summed E-state index contributed by atoms with van der Waals surface area (Å²) in [5.41, 5.74) is 0.330. The molecule has 2 rings (SSSR count). The van der Waals surface area contributed by atoms with E-state index >= 15 is 0 Å². The number of carbonyl (C=O) groups excluding carboxylic acids is 1. The number of carbonyl (C=O) groups is 1. The second kappa shape index (κ2) is 6.31. The van der Waals surface area contributed by atoms with Gasteiger partial charge in [0.25, 0.3) is 0 Å². The van der Waals surface area contributed by atoms with E-state index in [1.807, 2.05) is 0 Å². The number of aliphatic hydroxyl groups is 1. The first kappa shape index (κ1) is 14.9. The molecule has 1 atom stereocenters. The van der Waals surface area contributed by atoms with E-state index in [2.05, 4.69) is 0 Å². The number of hydrogen-bond acceptors (Lipinski definition) is 2. The summed E-state index contributed by atoms with van der Waals surface area (Å²) in [4.78, 5) is 13.4. The van der Waals surface area contributed by atoms with E-state index < -0.39 is 17.7 Å². The fraction of sp³-hybridized carbons (Fsp3) is 0.533. The Bertz CT molecular complexity index is 489. The number of aliphatic hydroxyl groups excluding tert-OH is 1. The molecule has 0 aliphatic heterocycles. The van der Waals surface area contributed by atoms with Gasteiger partial charge in [-0.2, -0.15) is 0 Å². The standard InChI is InChI=1S/C15H19F2NO2/c1-18(9-14(19)11-2-3-11)15(20)7-5-10-4-6-12(16)8-13(10)17/h4,6,8,11,14,19H,2-3,5,7,9H2,1H3. The Balaban J connectivity index is 1.81. The maximum Gasteiger partial charge on any atom is 0.222 e. The van der Waals surface area contributed by atoms with Crippen molar-refractivity contribution in [3.05, 3.63) is 35.4 Å². The van der Waals surface area contributed by atoms with Gasteiger partial charge in [-0.3, -0.25) is 4.79 Å². The summed E-state index contributed by atoms with van der Waals surface area (Å²) < 4.78 is 26.2. The van der Waals surface area contributed by atoms with E-state index in [0.29, 0.717) is 18.0 Å². The molecule has 1 aromatic carbocycles. The maximum atomic E-state index is 13.4. The highest BCUT2D eigenvalue weighted by molar-refractivity contribution is 5.76. The zero-order chi connectivity index (χ0) is 14.7. The molecule has 0 bridgehead atoms. The van der Waals surface area contributed by atoms with Crippen molar-refractivity contribution in [1.29, 1.82) is 0 Å². The van der Waals surface area contributed by atoms with Gasteiger partial charge in [0.1, 0.15) is 11.6 Å². The van der Waals surface area contributed by atoms with Crippen molar-refractivity contribution in [1.82, 2.24) is 4.90 Å². The zero-order valence-electron chi connectivity index (χ0n) is 11.5. The van der Waals surface area contributed by atoms with Crippen LogP contribution in [0.2, 0.25) is 0 Å². The van der Waals surface area contributed by atoms with Gasteiger partial charge in [-0.1, -0.05) is 6.07 Å². The minimum atomic E-state index is -0.626. The largest absolute Gasteiger partial charge is 0.391 e. The van der Waals surface area contributed by atoms with Crippen molar-refractivity contribution < 1.29 is 18.7 Å². The van der Waals surface area contributed by atoms with E-state index in [9.17, 15) is 18.7 Å². The van der Waals surface area contributed by atoms with Crippen LogP contribution in [0.1, 0.15) is 24.8 Å². The first-order chi connectivity index (χ1) is 9.47. The lowest BCUT2D eigenvalue weighted by Crippen LogP contribution is -2.35. The predicted octanol–water partition coefficient (Wildman–Crippen LogP) is 2.13. The summed E-state index contributed by atoms with van der Waals surface area (Å²) in [6.07, 6.45) is 1.95. The van der Waals surface area contributed by atoms with Crippen LogP contribution >= 0.6 is 0 Å². The molecule has 1 amide bonds. The molecule has 0 aromatic heterocycles. The van der Waals surface area contributed by atoms with Crippen molar-refractivity contribution in [2.45, 2.75) is 31.8 Å². The van der Waals surface area contributed by atoms with Crippen molar-refractivity contribution in [3.8, 4) is 0 Å². The number of halogens is 2. The molecule has 110 valence electrons. The number of rotatable bonds is 6. The Hall–Kier alpha value is -1.49. The number of benzene rings is 1. The van der Waals surface area contributed by atoms with Crippen LogP contribution in [0, 0.1) is 17.6 Å². The third kappa shape index (κ3) is 4.00. The van der Waals surface area contributed by atoms with Crippen LogP contribution in [0.3, 0.4) is 0 Å². The average Bonchev–Trinajstić information content (AvgIpc) is 3.21. The van der Waals surface area contributed by atoms with Crippen LogP contribution in [0.4, 0.5) is 8.78 Å². The fourth-order valence-corrected chi connectivity index (χ4v) is 2.17. The molecule has 1 N–H and O–H groups in total. The van der Waals surface area contributed by atoms with Crippen LogP contribution in [-0.4, -0.2) is 35.6 Å². The van der Waals surface area contributed by atoms with E-state index in [1.54, 1.807) is 7.05 Å². The summed E-state index contributed by atoms with van der Waals surface area (Å²) in [6, 6.07) is 3.36. The molecule has 1 unspecified atom stereocenters. The van der Waals surface area contributed by atoms with E-state index in [4.69, 9.17) is 0 Å². The Morgan fingerprint density at radius 2 is 2.15 bits per heavy atom. The number of likely N-dealkylation sites (N-methyl/N-ethyl adjacent to an activating group) is 1. The molecule has 1 saturated carbocycles. The molecule has 1 aliphatic carbocycles. The first-order valence-electron chi connectivity index (χ1n) is 6.83. The van der Waals surface area contributed by atoms with Gasteiger partial charge >= 0.3 is 0 Å². The predicted molar refractivity (Wildman–Crippen MR) is 71.0 cm³/mol. The van der Waals surface area contributed by atoms with Gasteiger partial charge in [0.05, 0.1) is 6.10 Å². The molecule has 1 fully saturated rings. The van der Waals surface area contributed by atoms with Crippen LogP contribution in [0.15, 0.2) is 18.2 Å². The summed E-state index contributed by atoms with van der Waals surface area (Å²) in [7, 11) is 1.63. The molecule has 1 aliphatic rings. The van der Waals surface area contributed by atoms with Crippen LogP contribution in [-0.2, 0) is 11.2 Å². The Morgan fingerprint density at radius 1 is 1.45 bits per heavy atom. The lowest BCUT2D eigenvalue weighted by molar-refractivity contribution is -0.131. The molecular formula is C15H19F2NO2. The lowest BCUT2D eigenvalue weighted by Gasteiger charge is -2.20. The monoisotopic (exact) mass is 283 g/mol. The number of hydrogen-bond donors (Lipinski definition) is 1. The van der Waals surface area contributed by atoms with E-state index in [-0.39, 0.29) is 18.7 Å². The third-order valence-electron chi connectivity index (χ3n) is 3.68. The minimum absolute atomic E-state index is 0.145. The van der Waals surface area contributed by atoms with E-state index in [0.717, 1.165) is 18.9 Å². The smallest absolute Gasteiger partial charge is 0.222 e. The van der Waals surface area contributed by atoms with Gasteiger partial charge in [0, 0.05) is 26.1 Å². The fourth-order valence-electron chi connectivity index (χ4n) is 2.17. The molecule has 0 radical (unpaired) electrons. The number of aryl methyl sites for hydroxylation is 1. The number of nitrogens with zero attached hydrogens (tertiary/aromatic N) is 1. The van der Waals surface area contributed by atoms with Gasteiger partial charge in [0.2, 0.25) is 5.91 Å². The molecule has 0 spiro atoms. The molecule has 0 saturated heterocycles. The maximum absolute atomic E-state index is 13.4. The molecule has 3 nitrogen and oxygen atoms in total. The minimum Gasteiger partial charge on any atom is -0.391 e. The van der Waals surface area contributed by atoms with Crippen LogP contribution < -0.4 is 0 Å². The second-order valence-electron chi connectivity index (χ2n) is 5.41. The Kier molecular flexibility index (Phi) is 4.70. The quantitative estimate of drug-likeness (QED) is 0.869. The summed E-state index contributed by atoms with van der Waals surface area (Å²) in [5.74, 6) is -1.08. The molecular weight excluding hydrogens is 264 g/mol. The van der Waals surface area contributed by atoms with E-state index in [1.165, 1.54) is 17.0 Å². The Labute approximate surface area is 117 Å². The zero-order valence-corrected chi connectivity index (χ0v) is 11.5. The van der Waals surface area contributed by atoms with Gasteiger partial charge < -0.3 is 10.0 Å². The van der Waals surface area contributed by atoms with Gasteiger partial charge in [-0.25, -0.2) is 8.78 Å². The van der Waals surface area contributed by atoms with Gasteiger partial charge in [-0.05, 0) is 36.8 Å². The SMILES string of the molecule is CN(CC(O)C1CC1)C(=O)CCc1ccc(F)cc1F. The highest BCUT2D eigenvalue weighted by Crippen LogP contribution is 2.32. The molecule has 1 aromatic rings. The molecule has 5 heteroatoms. The van der Waals surface area contributed by atoms with Crippen molar-refractivity contribution >= 4 is 5.91 Å². The summed E-state index contributed by atoms with van der Waals surface area (Å²) >= 11 is 0. The second-order valence-corrected chi connectivity index (χ2v) is 5.41. The van der Waals surface area contributed by atoms with Crippen molar-refractivity contribution in [3.63, 3.8) is 0 Å². The molecule has 0 heterocycles. The average molecular weight is 283 g/mol. The highest BCUT2D eigenvalue weighted by atomic mass is 19.1. The number of amides is 1. The topological polar surface area (TPSA) is 40.5 Å². The normalized spacial score (nSPS) is 16.0. The van der Waals surface area contributed by atoms with Gasteiger partial charge in [-0.15, -0.1) is 0 Å². The van der Waals surface area contributed by atoms with Gasteiger partial charge in [0.15, 0.2) is 0 Å². The summed E-state index contributed by atoms with van der Waals surface area (Å²) in [6.45, 7) is 0.315. The third-order valence-corrected chi connectivity index (χ3v) is 3.68. The highest BCUT2D eigenvalue weighted by Gasteiger charge is 2.31. The van der Waals surface area contributed by atoms with Crippen molar-refractivity contribution in [2.75, 3.05) is 13.6 Å². The Morgan fingerprint density at radius 3 is 2.75 bits per heavy atom. The van der Waals surface area contributed by atoms with Crippen LogP contribution in [0.5, 0.6) is 0 Å².